The summed E-state index contributed by atoms with van der Waals surface area (Å²) in [6.07, 6.45) is 6.35. The zero-order valence-electron chi connectivity index (χ0n) is 16.2. The van der Waals surface area contributed by atoms with Crippen molar-refractivity contribution < 1.29 is 4.79 Å². The molecule has 4 aromatic rings. The Morgan fingerprint density at radius 1 is 1.17 bits per heavy atom. The van der Waals surface area contributed by atoms with Crippen molar-refractivity contribution in [3.8, 4) is 11.9 Å². The molecule has 1 aromatic carbocycles. The van der Waals surface area contributed by atoms with Gasteiger partial charge in [-0.1, -0.05) is 25.1 Å². The molecule has 0 atom stereocenters. The number of carbonyl (C=O) groups excluding carboxylic acids is 1. The monoisotopic (exact) mass is 414 g/mol. The number of hydrogen-bond acceptors (Lipinski definition) is 6. The van der Waals surface area contributed by atoms with Crippen LogP contribution in [0, 0.1) is 11.3 Å². The fourth-order valence-corrected chi connectivity index (χ4v) is 3.93. The fourth-order valence-electron chi connectivity index (χ4n) is 3.09. The number of aromatic nitrogens is 4. The molecule has 30 heavy (non-hydrogen) atoms. The van der Waals surface area contributed by atoms with Gasteiger partial charge in [-0.25, -0.2) is 14.6 Å². The molecule has 8 heteroatoms. The van der Waals surface area contributed by atoms with Gasteiger partial charge in [0.1, 0.15) is 0 Å². The summed E-state index contributed by atoms with van der Waals surface area (Å²) in [6.45, 7) is 1.98. The molecule has 0 fully saturated rings. The maximum atomic E-state index is 12.8. The molecule has 1 N–H and O–H groups in total. The Balaban J connectivity index is 1.48. The van der Waals surface area contributed by atoms with Crippen LogP contribution in [0.4, 0.5) is 5.13 Å². The third-order valence-electron chi connectivity index (χ3n) is 4.55. The lowest BCUT2D eigenvalue weighted by molar-refractivity contribution is 0.102. The molecule has 0 spiro atoms. The lowest BCUT2D eigenvalue weighted by Gasteiger charge is -2.06. The topological polar surface area (TPSA) is 96.5 Å². The van der Waals surface area contributed by atoms with Crippen LogP contribution in [0.5, 0.6) is 0 Å². The molecular weight excluding hydrogens is 396 g/mol. The van der Waals surface area contributed by atoms with Crippen LogP contribution in [0.1, 0.15) is 39.0 Å². The minimum atomic E-state index is -0.242. The largest absolute Gasteiger partial charge is 0.298 e. The van der Waals surface area contributed by atoms with E-state index in [1.807, 2.05) is 37.3 Å². The average Bonchev–Trinajstić information content (AvgIpc) is 3.41. The first-order valence-electron chi connectivity index (χ1n) is 9.41. The number of thiazole rings is 1. The van der Waals surface area contributed by atoms with Gasteiger partial charge in [-0.15, -0.1) is 11.3 Å². The lowest BCUT2D eigenvalue weighted by atomic mass is 10.1. The average molecular weight is 414 g/mol. The van der Waals surface area contributed by atoms with E-state index >= 15 is 0 Å². The minimum Gasteiger partial charge on any atom is -0.298 e. The summed E-state index contributed by atoms with van der Waals surface area (Å²) < 4.78 is 1.69. The second-order valence-electron chi connectivity index (χ2n) is 6.53. The van der Waals surface area contributed by atoms with Crippen LogP contribution in [0.2, 0.25) is 0 Å². The Hall–Kier alpha value is -3.83. The summed E-state index contributed by atoms with van der Waals surface area (Å²) in [7, 11) is 0. The summed E-state index contributed by atoms with van der Waals surface area (Å²) in [4.78, 5) is 22.5. The van der Waals surface area contributed by atoms with Crippen LogP contribution < -0.4 is 5.32 Å². The number of pyridine rings is 1. The van der Waals surface area contributed by atoms with E-state index in [2.05, 4.69) is 26.5 Å². The first kappa shape index (κ1) is 19.5. The molecule has 7 nitrogen and oxygen atoms in total. The van der Waals surface area contributed by atoms with Crippen molar-refractivity contribution in [3.63, 3.8) is 0 Å². The van der Waals surface area contributed by atoms with Crippen LogP contribution in [0.25, 0.3) is 5.82 Å². The predicted octanol–water partition coefficient (Wildman–Crippen LogP) is 4.00. The van der Waals surface area contributed by atoms with Gasteiger partial charge in [-0.3, -0.25) is 10.1 Å². The van der Waals surface area contributed by atoms with Crippen LogP contribution in [-0.2, 0) is 12.8 Å². The second-order valence-corrected chi connectivity index (χ2v) is 7.64. The normalized spacial score (nSPS) is 10.5. The number of nitrogens with zero attached hydrogens (tertiary/aromatic N) is 5. The number of nitrogens with one attached hydrogen (secondary N) is 1. The number of carbonyl (C=O) groups is 1. The third kappa shape index (κ3) is 4.11. The van der Waals surface area contributed by atoms with Gasteiger partial charge in [0.15, 0.2) is 10.9 Å². The van der Waals surface area contributed by atoms with Crippen molar-refractivity contribution in [2.45, 2.75) is 19.8 Å². The molecule has 0 saturated heterocycles. The maximum Gasteiger partial charge on any atom is 0.260 e. The van der Waals surface area contributed by atoms with Gasteiger partial charge < -0.3 is 0 Å². The molecule has 148 valence electrons. The molecule has 0 saturated carbocycles. The Kier molecular flexibility index (Phi) is 5.63. The molecular formula is C22H18N6OS. The number of nitriles is 1. The zero-order valence-corrected chi connectivity index (χ0v) is 17.1. The molecule has 0 aliphatic carbocycles. The Morgan fingerprint density at radius 3 is 2.70 bits per heavy atom. The standard InChI is InChI=1S/C22H18N6OS/c1-2-19-18(14-26-28(19)20-5-3-4-10-24-20)21(29)27-22-25-13-17(30-22)11-15-6-8-16(12-23)9-7-15/h3-10,13-14H,2,11H2,1H3,(H,25,27,29). The predicted molar refractivity (Wildman–Crippen MR) is 115 cm³/mol. The van der Waals surface area contributed by atoms with Crippen LogP contribution in [0.3, 0.4) is 0 Å². The molecule has 0 unspecified atom stereocenters. The molecule has 0 radical (unpaired) electrons. The highest BCUT2D eigenvalue weighted by Crippen LogP contribution is 2.23. The smallest absolute Gasteiger partial charge is 0.260 e. The quantitative estimate of drug-likeness (QED) is 0.514. The van der Waals surface area contributed by atoms with Gasteiger partial charge in [0, 0.05) is 23.7 Å². The second kappa shape index (κ2) is 8.68. The molecule has 0 aliphatic rings. The molecule has 1 amide bonds. The molecule has 0 bridgehead atoms. The van der Waals surface area contributed by atoms with E-state index in [9.17, 15) is 4.79 Å². The Labute approximate surface area is 177 Å². The summed E-state index contributed by atoms with van der Waals surface area (Å²) >= 11 is 1.43. The van der Waals surface area contributed by atoms with Crippen molar-refractivity contribution >= 4 is 22.4 Å². The molecule has 3 heterocycles. The summed E-state index contributed by atoms with van der Waals surface area (Å²) in [5.74, 6) is 0.431. The number of rotatable bonds is 6. The first-order chi connectivity index (χ1) is 14.7. The number of benzene rings is 1. The van der Waals surface area contributed by atoms with Gasteiger partial charge in [-0.2, -0.15) is 10.4 Å². The van der Waals surface area contributed by atoms with Crippen molar-refractivity contribution in [1.82, 2.24) is 19.7 Å². The summed E-state index contributed by atoms with van der Waals surface area (Å²) in [5, 5.41) is 16.7. The first-order valence-corrected chi connectivity index (χ1v) is 10.2. The van der Waals surface area contributed by atoms with Crippen molar-refractivity contribution in [3.05, 3.63) is 88.3 Å². The van der Waals surface area contributed by atoms with Gasteiger partial charge >= 0.3 is 0 Å². The Morgan fingerprint density at radius 2 is 2.00 bits per heavy atom. The Bertz CT molecular complexity index is 1200. The van der Waals surface area contributed by atoms with Crippen molar-refractivity contribution in [1.29, 1.82) is 5.26 Å². The fraction of sp³-hybridized carbons (Fsp3) is 0.136. The van der Waals surface area contributed by atoms with Crippen LogP contribution in [0.15, 0.2) is 61.1 Å². The van der Waals surface area contributed by atoms with E-state index in [-0.39, 0.29) is 5.91 Å². The molecule has 3 aromatic heterocycles. The maximum absolute atomic E-state index is 12.8. The van der Waals surface area contributed by atoms with E-state index in [1.165, 1.54) is 11.3 Å². The van der Waals surface area contributed by atoms with Gasteiger partial charge in [-0.05, 0) is 36.2 Å². The van der Waals surface area contributed by atoms with Crippen LogP contribution in [-0.4, -0.2) is 25.7 Å². The van der Waals surface area contributed by atoms with Gasteiger partial charge in [0.2, 0.25) is 0 Å². The van der Waals surface area contributed by atoms with Crippen molar-refractivity contribution in [2.24, 2.45) is 0 Å². The van der Waals surface area contributed by atoms with Crippen LogP contribution >= 0.6 is 11.3 Å². The summed E-state index contributed by atoms with van der Waals surface area (Å²) in [5.41, 5.74) is 3.02. The van der Waals surface area contributed by atoms with E-state index in [4.69, 9.17) is 5.26 Å². The number of amides is 1. The van der Waals surface area contributed by atoms with E-state index in [0.29, 0.717) is 34.9 Å². The van der Waals surface area contributed by atoms with E-state index < -0.39 is 0 Å². The highest BCUT2D eigenvalue weighted by molar-refractivity contribution is 7.15. The highest BCUT2D eigenvalue weighted by atomic mass is 32.1. The number of hydrogen-bond donors (Lipinski definition) is 1. The van der Waals surface area contributed by atoms with Gasteiger partial charge in [0.25, 0.3) is 5.91 Å². The highest BCUT2D eigenvalue weighted by Gasteiger charge is 2.18. The van der Waals surface area contributed by atoms with Crippen molar-refractivity contribution in [2.75, 3.05) is 5.32 Å². The zero-order chi connectivity index (χ0) is 20.9. The molecule has 0 aliphatic heterocycles. The summed E-state index contributed by atoms with van der Waals surface area (Å²) in [6, 6.07) is 15.1. The lowest BCUT2D eigenvalue weighted by Crippen LogP contribution is -2.14. The third-order valence-corrected chi connectivity index (χ3v) is 5.46. The number of anilines is 1. The van der Waals surface area contributed by atoms with Gasteiger partial charge in [0.05, 0.1) is 29.1 Å². The van der Waals surface area contributed by atoms with E-state index in [0.717, 1.165) is 16.1 Å². The SMILES string of the molecule is CCc1c(C(=O)Nc2ncc(Cc3ccc(C#N)cc3)s2)cnn1-c1ccccn1. The van der Waals surface area contributed by atoms with E-state index in [1.54, 1.807) is 35.4 Å². The molecule has 4 rings (SSSR count). The minimum absolute atomic E-state index is 0.242.